The maximum absolute atomic E-state index is 12.1. The fourth-order valence-corrected chi connectivity index (χ4v) is 2.92. The van der Waals surface area contributed by atoms with E-state index < -0.39 is 4.92 Å². The number of hydrogen-bond donors (Lipinski definition) is 1. The number of amides is 1. The van der Waals surface area contributed by atoms with Crippen LogP contribution in [0.1, 0.15) is 0 Å². The molecule has 0 fully saturated rings. The molecule has 0 aliphatic heterocycles. The number of hydrogen-bond acceptors (Lipinski definition) is 7. The van der Waals surface area contributed by atoms with E-state index in [1.807, 2.05) is 19.2 Å². The van der Waals surface area contributed by atoms with Gasteiger partial charge in [-0.25, -0.2) is 0 Å². The zero-order valence-corrected chi connectivity index (χ0v) is 14.5. The first-order valence-corrected chi connectivity index (χ1v) is 8.50. The molecule has 0 bridgehead atoms. The summed E-state index contributed by atoms with van der Waals surface area (Å²) in [6, 6.07) is 9.47. The number of anilines is 1. The average Bonchev–Trinajstić information content (AvgIpc) is 3.01. The normalized spacial score (nSPS) is 10.5. The molecule has 1 amide bonds. The van der Waals surface area contributed by atoms with Crippen molar-refractivity contribution in [3.05, 3.63) is 58.9 Å². The van der Waals surface area contributed by atoms with Crippen LogP contribution in [0.5, 0.6) is 0 Å². The van der Waals surface area contributed by atoms with E-state index in [9.17, 15) is 14.9 Å². The molecule has 2 heterocycles. The number of carbonyl (C=O) groups excluding carboxylic acids is 1. The summed E-state index contributed by atoms with van der Waals surface area (Å²) in [5.74, 6) is 0.461. The second kappa shape index (κ2) is 7.74. The van der Waals surface area contributed by atoms with Crippen molar-refractivity contribution in [3.8, 4) is 11.4 Å². The van der Waals surface area contributed by atoms with Crippen LogP contribution in [0.4, 0.5) is 11.4 Å². The van der Waals surface area contributed by atoms with E-state index in [4.69, 9.17) is 0 Å². The number of nitrogens with zero attached hydrogens (tertiary/aromatic N) is 5. The van der Waals surface area contributed by atoms with E-state index in [0.29, 0.717) is 16.7 Å². The van der Waals surface area contributed by atoms with E-state index in [1.54, 1.807) is 23.0 Å². The molecule has 0 radical (unpaired) electrons. The number of non-ortho nitro benzene ring substituents is 1. The minimum Gasteiger partial charge on any atom is -0.325 e. The molecule has 0 aliphatic carbocycles. The lowest BCUT2D eigenvalue weighted by Crippen LogP contribution is -2.14. The van der Waals surface area contributed by atoms with Gasteiger partial charge in [0.05, 0.1) is 10.7 Å². The molecule has 26 heavy (non-hydrogen) atoms. The first-order valence-electron chi connectivity index (χ1n) is 7.51. The van der Waals surface area contributed by atoms with Gasteiger partial charge in [-0.3, -0.25) is 19.9 Å². The molecule has 0 saturated heterocycles. The number of nitrogens with one attached hydrogen (secondary N) is 1. The second-order valence-corrected chi connectivity index (χ2v) is 6.19. The molecule has 10 heteroatoms. The zero-order chi connectivity index (χ0) is 18.5. The van der Waals surface area contributed by atoms with Crippen LogP contribution in [0, 0.1) is 10.1 Å². The molecule has 2 aromatic heterocycles. The van der Waals surface area contributed by atoms with Crippen LogP contribution in [-0.4, -0.2) is 36.3 Å². The SMILES string of the molecule is Cn1c(SCC(=O)Nc2cccc([N+](=O)[O-])c2)nnc1-c1cccnc1. The summed E-state index contributed by atoms with van der Waals surface area (Å²) in [6.07, 6.45) is 3.36. The number of nitro groups is 1. The Morgan fingerprint density at radius 1 is 1.31 bits per heavy atom. The van der Waals surface area contributed by atoms with Gasteiger partial charge in [0, 0.05) is 42.8 Å². The largest absolute Gasteiger partial charge is 0.325 e. The Morgan fingerprint density at radius 2 is 2.15 bits per heavy atom. The lowest BCUT2D eigenvalue weighted by Gasteiger charge is -2.05. The summed E-state index contributed by atoms with van der Waals surface area (Å²) in [6.45, 7) is 0. The average molecular weight is 370 g/mol. The Bertz CT molecular complexity index is 944. The summed E-state index contributed by atoms with van der Waals surface area (Å²) >= 11 is 1.22. The molecule has 0 atom stereocenters. The molecule has 0 unspecified atom stereocenters. The van der Waals surface area contributed by atoms with E-state index in [0.717, 1.165) is 5.56 Å². The maximum Gasteiger partial charge on any atom is 0.271 e. The second-order valence-electron chi connectivity index (χ2n) is 5.25. The Morgan fingerprint density at radius 3 is 2.88 bits per heavy atom. The molecule has 0 spiro atoms. The minimum absolute atomic E-state index is 0.0788. The monoisotopic (exact) mass is 370 g/mol. The number of benzene rings is 1. The van der Waals surface area contributed by atoms with Crippen molar-refractivity contribution in [2.75, 3.05) is 11.1 Å². The van der Waals surface area contributed by atoms with Crippen LogP contribution in [0.3, 0.4) is 0 Å². The maximum atomic E-state index is 12.1. The molecule has 132 valence electrons. The first-order chi connectivity index (χ1) is 12.5. The van der Waals surface area contributed by atoms with E-state index in [1.165, 1.54) is 30.0 Å². The summed E-state index contributed by atoms with van der Waals surface area (Å²) in [5.41, 5.74) is 1.12. The van der Waals surface area contributed by atoms with Crippen LogP contribution in [0.15, 0.2) is 53.9 Å². The summed E-state index contributed by atoms with van der Waals surface area (Å²) < 4.78 is 1.78. The molecule has 0 saturated carbocycles. The van der Waals surface area contributed by atoms with Crippen LogP contribution in [0.25, 0.3) is 11.4 Å². The number of nitro benzene ring substituents is 1. The smallest absolute Gasteiger partial charge is 0.271 e. The molecule has 1 N–H and O–H groups in total. The predicted octanol–water partition coefficient (Wildman–Crippen LogP) is 2.52. The van der Waals surface area contributed by atoms with Gasteiger partial charge in [0.2, 0.25) is 5.91 Å². The molecule has 3 rings (SSSR count). The standard InChI is InChI=1S/C16H14N6O3S/c1-21-15(11-4-3-7-17-9-11)19-20-16(21)26-10-14(23)18-12-5-2-6-13(8-12)22(24)25/h2-9H,10H2,1H3,(H,18,23). The van der Waals surface area contributed by atoms with Gasteiger partial charge in [0.15, 0.2) is 11.0 Å². The highest BCUT2D eigenvalue weighted by Crippen LogP contribution is 2.22. The third-order valence-corrected chi connectivity index (χ3v) is 4.45. The Labute approximate surface area is 152 Å². The molecular weight excluding hydrogens is 356 g/mol. The van der Waals surface area contributed by atoms with Crippen molar-refractivity contribution in [1.29, 1.82) is 0 Å². The Hall–Kier alpha value is -3.27. The topological polar surface area (TPSA) is 116 Å². The lowest BCUT2D eigenvalue weighted by atomic mass is 10.3. The third-order valence-electron chi connectivity index (χ3n) is 3.43. The number of rotatable bonds is 6. The van der Waals surface area contributed by atoms with Crippen molar-refractivity contribution in [1.82, 2.24) is 19.7 Å². The van der Waals surface area contributed by atoms with Crippen LogP contribution in [0.2, 0.25) is 0 Å². The van der Waals surface area contributed by atoms with Crippen molar-refractivity contribution >= 4 is 29.0 Å². The van der Waals surface area contributed by atoms with Gasteiger partial charge < -0.3 is 9.88 Å². The number of carbonyl (C=O) groups is 1. The fraction of sp³-hybridized carbons (Fsp3) is 0.125. The fourth-order valence-electron chi connectivity index (χ4n) is 2.21. The Balaban J connectivity index is 1.63. The van der Waals surface area contributed by atoms with Crippen molar-refractivity contribution in [2.24, 2.45) is 7.05 Å². The van der Waals surface area contributed by atoms with Gasteiger partial charge in [0.25, 0.3) is 5.69 Å². The van der Waals surface area contributed by atoms with Crippen molar-refractivity contribution < 1.29 is 9.72 Å². The molecule has 9 nitrogen and oxygen atoms in total. The van der Waals surface area contributed by atoms with E-state index >= 15 is 0 Å². The van der Waals surface area contributed by atoms with Gasteiger partial charge >= 0.3 is 0 Å². The lowest BCUT2D eigenvalue weighted by molar-refractivity contribution is -0.384. The van der Waals surface area contributed by atoms with Gasteiger partial charge in [0.1, 0.15) is 0 Å². The van der Waals surface area contributed by atoms with Gasteiger partial charge in [-0.05, 0) is 18.2 Å². The van der Waals surface area contributed by atoms with Gasteiger partial charge in [-0.1, -0.05) is 17.8 Å². The quantitative estimate of drug-likeness (QED) is 0.402. The highest BCUT2D eigenvalue weighted by atomic mass is 32.2. The summed E-state index contributed by atoms with van der Waals surface area (Å²) in [7, 11) is 1.81. The van der Waals surface area contributed by atoms with Crippen LogP contribution in [-0.2, 0) is 11.8 Å². The van der Waals surface area contributed by atoms with Crippen LogP contribution < -0.4 is 5.32 Å². The summed E-state index contributed by atoms with van der Waals surface area (Å²) in [4.78, 5) is 26.4. The highest BCUT2D eigenvalue weighted by Gasteiger charge is 2.14. The third kappa shape index (κ3) is 4.03. The van der Waals surface area contributed by atoms with E-state index in [2.05, 4.69) is 20.5 Å². The Kier molecular flexibility index (Phi) is 5.23. The van der Waals surface area contributed by atoms with Gasteiger partial charge in [-0.2, -0.15) is 0 Å². The summed E-state index contributed by atoms with van der Waals surface area (Å²) in [5, 5.41) is 22.2. The number of thioether (sulfide) groups is 1. The number of pyridine rings is 1. The predicted molar refractivity (Wildman–Crippen MR) is 96.7 cm³/mol. The van der Waals surface area contributed by atoms with Crippen LogP contribution >= 0.6 is 11.8 Å². The van der Waals surface area contributed by atoms with Crippen molar-refractivity contribution in [3.63, 3.8) is 0 Å². The molecular formula is C16H14N6O3S. The van der Waals surface area contributed by atoms with E-state index in [-0.39, 0.29) is 17.3 Å². The molecule has 3 aromatic rings. The van der Waals surface area contributed by atoms with Crippen molar-refractivity contribution in [2.45, 2.75) is 5.16 Å². The zero-order valence-electron chi connectivity index (χ0n) is 13.7. The minimum atomic E-state index is -0.510. The van der Waals surface area contributed by atoms with Gasteiger partial charge in [-0.15, -0.1) is 10.2 Å². The molecule has 1 aromatic carbocycles. The number of aromatic nitrogens is 4. The highest BCUT2D eigenvalue weighted by molar-refractivity contribution is 7.99. The molecule has 0 aliphatic rings. The first kappa shape index (κ1) is 17.5.